The fourth-order valence-corrected chi connectivity index (χ4v) is 1.48. The zero-order valence-electron chi connectivity index (χ0n) is 9.73. The summed E-state index contributed by atoms with van der Waals surface area (Å²) in [7, 11) is 0. The molecule has 0 saturated heterocycles. The Balaban J connectivity index is 2.51. The van der Waals surface area contributed by atoms with Crippen LogP contribution in [0.4, 0.5) is 0 Å². The van der Waals surface area contributed by atoms with Crippen molar-refractivity contribution < 1.29 is 0 Å². The highest BCUT2D eigenvalue weighted by Crippen LogP contribution is 2.08. The molecule has 0 amide bonds. The van der Waals surface area contributed by atoms with Gasteiger partial charge < -0.3 is 4.90 Å². The van der Waals surface area contributed by atoms with Crippen LogP contribution in [0.5, 0.6) is 0 Å². The van der Waals surface area contributed by atoms with Gasteiger partial charge in [-0.25, -0.2) is 0 Å². The maximum atomic E-state index is 4.25. The summed E-state index contributed by atoms with van der Waals surface area (Å²) in [5.41, 5.74) is 0.965. The summed E-state index contributed by atoms with van der Waals surface area (Å²) in [4.78, 5) is 6.49. The van der Waals surface area contributed by atoms with Crippen LogP contribution < -0.4 is 0 Å². The highest BCUT2D eigenvalue weighted by atomic mass is 79.9. The van der Waals surface area contributed by atoms with Crippen molar-refractivity contribution in [1.29, 1.82) is 0 Å². The molecule has 0 saturated carbocycles. The molecule has 0 unspecified atom stereocenters. The van der Waals surface area contributed by atoms with E-state index in [0.717, 1.165) is 23.3 Å². The Hall–Kier alpha value is -1.09. The van der Waals surface area contributed by atoms with Gasteiger partial charge in [0.2, 0.25) is 0 Å². The van der Waals surface area contributed by atoms with E-state index in [1.807, 2.05) is 30.4 Å². The molecule has 0 aromatic carbocycles. The summed E-state index contributed by atoms with van der Waals surface area (Å²) in [6, 6.07) is 3.96. The Kier molecular flexibility index (Phi) is 5.86. The molecule has 3 heteroatoms. The lowest BCUT2D eigenvalue weighted by atomic mass is 10.3. The molecule has 0 fully saturated rings. The van der Waals surface area contributed by atoms with Crippen LogP contribution in [0.3, 0.4) is 0 Å². The molecule has 1 rings (SSSR count). The summed E-state index contributed by atoms with van der Waals surface area (Å²) >= 11 is 3.36. The Bertz CT molecular complexity index is 351. The van der Waals surface area contributed by atoms with Crippen LogP contribution in [0.15, 0.2) is 41.2 Å². The van der Waals surface area contributed by atoms with Crippen LogP contribution in [-0.4, -0.2) is 23.0 Å². The second kappa shape index (κ2) is 7.23. The molecule has 0 spiro atoms. The van der Waals surface area contributed by atoms with Crippen LogP contribution >= 0.6 is 15.9 Å². The van der Waals surface area contributed by atoms with Crippen molar-refractivity contribution in [3.05, 3.63) is 46.8 Å². The van der Waals surface area contributed by atoms with Crippen molar-refractivity contribution in [2.75, 3.05) is 13.1 Å². The fraction of sp³-hybridized carbons (Fsp3) is 0.308. The third-order valence-electron chi connectivity index (χ3n) is 2.24. The lowest BCUT2D eigenvalue weighted by molar-refractivity contribution is 0.419. The zero-order chi connectivity index (χ0) is 11.8. The van der Waals surface area contributed by atoms with Crippen molar-refractivity contribution >= 4 is 22.0 Å². The van der Waals surface area contributed by atoms with Crippen LogP contribution in [0.25, 0.3) is 6.08 Å². The molecule has 1 heterocycles. The van der Waals surface area contributed by atoms with Gasteiger partial charge in [0.15, 0.2) is 0 Å². The number of aromatic nitrogens is 1. The molecule has 0 radical (unpaired) electrons. The molecule has 0 aliphatic carbocycles. The normalized spacial score (nSPS) is 11.4. The average molecular weight is 281 g/mol. The predicted octanol–water partition coefficient (Wildman–Crippen LogP) is 3.71. The molecule has 86 valence electrons. The predicted molar refractivity (Wildman–Crippen MR) is 73.0 cm³/mol. The van der Waals surface area contributed by atoms with Crippen LogP contribution in [0, 0.1) is 0 Å². The van der Waals surface area contributed by atoms with Crippen molar-refractivity contribution in [2.45, 2.75) is 13.8 Å². The summed E-state index contributed by atoms with van der Waals surface area (Å²) in [5, 5.41) is 0. The number of halogens is 1. The number of hydrogen-bond donors (Lipinski definition) is 0. The van der Waals surface area contributed by atoms with E-state index >= 15 is 0 Å². The van der Waals surface area contributed by atoms with E-state index in [0.29, 0.717) is 0 Å². The largest absolute Gasteiger partial charge is 0.378 e. The topological polar surface area (TPSA) is 16.1 Å². The quantitative estimate of drug-likeness (QED) is 0.765. The van der Waals surface area contributed by atoms with Crippen LogP contribution in [0.2, 0.25) is 0 Å². The first kappa shape index (κ1) is 13.0. The van der Waals surface area contributed by atoms with Gasteiger partial charge in [0, 0.05) is 23.8 Å². The average Bonchev–Trinajstić information content (AvgIpc) is 2.32. The summed E-state index contributed by atoms with van der Waals surface area (Å²) < 4.78 is 1.00. The van der Waals surface area contributed by atoms with Crippen molar-refractivity contribution in [3.63, 3.8) is 0 Å². The second-order valence-electron chi connectivity index (χ2n) is 3.32. The first-order valence-electron chi connectivity index (χ1n) is 5.46. The number of rotatable bonds is 5. The van der Waals surface area contributed by atoms with E-state index in [1.54, 1.807) is 6.20 Å². The van der Waals surface area contributed by atoms with Gasteiger partial charge in [-0.1, -0.05) is 6.08 Å². The zero-order valence-corrected chi connectivity index (χ0v) is 11.3. The van der Waals surface area contributed by atoms with Crippen molar-refractivity contribution in [3.8, 4) is 0 Å². The van der Waals surface area contributed by atoms with Gasteiger partial charge in [-0.15, -0.1) is 0 Å². The molecule has 1 aromatic rings. The molecule has 1 aromatic heterocycles. The molecule has 0 atom stereocenters. The lowest BCUT2D eigenvalue weighted by Crippen LogP contribution is -2.14. The molecule has 0 aliphatic rings. The van der Waals surface area contributed by atoms with Crippen LogP contribution in [-0.2, 0) is 0 Å². The van der Waals surface area contributed by atoms with E-state index in [2.05, 4.69) is 45.9 Å². The highest BCUT2D eigenvalue weighted by molar-refractivity contribution is 9.10. The standard InChI is InChI=1S/C13H17BrN2/c1-3-16(4-2)10-6-5-7-13-9-8-12(14)11-15-13/h5-11H,3-4H2,1-2H3/b7-5-,10-6+. The molecular formula is C13H17BrN2. The van der Waals surface area contributed by atoms with E-state index < -0.39 is 0 Å². The summed E-state index contributed by atoms with van der Waals surface area (Å²) in [5.74, 6) is 0. The van der Waals surface area contributed by atoms with Gasteiger partial charge in [0.1, 0.15) is 0 Å². The first-order valence-corrected chi connectivity index (χ1v) is 6.26. The number of nitrogens with zero attached hydrogens (tertiary/aromatic N) is 2. The monoisotopic (exact) mass is 280 g/mol. The summed E-state index contributed by atoms with van der Waals surface area (Å²) in [6.45, 7) is 6.37. The molecule has 0 bridgehead atoms. The SMILES string of the molecule is CCN(/C=C/C=C\c1ccc(Br)cn1)CC. The van der Waals surface area contributed by atoms with Gasteiger partial charge in [-0.2, -0.15) is 0 Å². The van der Waals surface area contributed by atoms with Crippen molar-refractivity contribution in [2.24, 2.45) is 0 Å². The fourth-order valence-electron chi connectivity index (χ4n) is 1.25. The number of hydrogen-bond acceptors (Lipinski definition) is 2. The number of allylic oxidation sites excluding steroid dienone is 2. The summed E-state index contributed by atoms with van der Waals surface area (Å²) in [6.07, 6.45) is 9.93. The molecular weight excluding hydrogens is 264 g/mol. The van der Waals surface area contributed by atoms with Crippen LogP contribution in [0.1, 0.15) is 19.5 Å². The lowest BCUT2D eigenvalue weighted by Gasteiger charge is -2.13. The number of pyridine rings is 1. The minimum Gasteiger partial charge on any atom is -0.378 e. The van der Waals surface area contributed by atoms with Crippen molar-refractivity contribution in [1.82, 2.24) is 9.88 Å². The van der Waals surface area contributed by atoms with E-state index in [9.17, 15) is 0 Å². The Morgan fingerprint density at radius 1 is 1.25 bits per heavy atom. The Morgan fingerprint density at radius 2 is 2.00 bits per heavy atom. The van der Waals surface area contributed by atoms with E-state index in [4.69, 9.17) is 0 Å². The van der Waals surface area contributed by atoms with Gasteiger partial charge >= 0.3 is 0 Å². The van der Waals surface area contributed by atoms with E-state index in [-0.39, 0.29) is 0 Å². The van der Waals surface area contributed by atoms with Gasteiger partial charge in [-0.05, 0) is 60.3 Å². The molecule has 2 nitrogen and oxygen atoms in total. The maximum absolute atomic E-state index is 4.25. The second-order valence-corrected chi connectivity index (χ2v) is 4.24. The minimum atomic E-state index is 0.965. The minimum absolute atomic E-state index is 0.965. The van der Waals surface area contributed by atoms with E-state index in [1.165, 1.54) is 0 Å². The highest BCUT2D eigenvalue weighted by Gasteiger charge is 1.88. The Labute approximate surface area is 106 Å². The molecule has 16 heavy (non-hydrogen) atoms. The Morgan fingerprint density at radius 3 is 2.56 bits per heavy atom. The third kappa shape index (κ3) is 4.62. The smallest absolute Gasteiger partial charge is 0.0630 e. The molecule has 0 aliphatic heterocycles. The van der Waals surface area contributed by atoms with Gasteiger partial charge in [0.25, 0.3) is 0 Å². The third-order valence-corrected chi connectivity index (χ3v) is 2.71. The van der Waals surface area contributed by atoms with Gasteiger partial charge in [-0.3, -0.25) is 4.98 Å². The maximum Gasteiger partial charge on any atom is 0.0630 e. The molecule has 0 N–H and O–H groups in total. The first-order chi connectivity index (χ1) is 7.76. The van der Waals surface area contributed by atoms with Gasteiger partial charge in [0.05, 0.1) is 5.69 Å².